The van der Waals surface area contributed by atoms with Crippen LogP contribution in [0.25, 0.3) is 0 Å². The van der Waals surface area contributed by atoms with Gasteiger partial charge in [-0.25, -0.2) is 13.1 Å². The lowest BCUT2D eigenvalue weighted by molar-refractivity contribution is -0.387. The Morgan fingerprint density at radius 1 is 1.45 bits per heavy atom. The van der Waals surface area contributed by atoms with Gasteiger partial charge in [0.15, 0.2) is 4.90 Å². The van der Waals surface area contributed by atoms with Crippen LogP contribution in [0.2, 0.25) is 5.02 Å². The Bertz CT molecular complexity index is 663. The van der Waals surface area contributed by atoms with Crippen molar-refractivity contribution in [1.82, 2.24) is 4.72 Å². The van der Waals surface area contributed by atoms with E-state index in [9.17, 15) is 18.5 Å². The quantitative estimate of drug-likeness (QED) is 0.578. The Labute approximate surface area is 135 Å². The lowest BCUT2D eigenvalue weighted by Gasteiger charge is -2.30. The number of benzene rings is 1. The predicted molar refractivity (Wildman–Crippen MR) is 85.3 cm³/mol. The molecular formula is C13H20ClN3O4S. The number of halogens is 1. The maximum atomic E-state index is 12.5. The van der Waals surface area contributed by atoms with Gasteiger partial charge in [-0.3, -0.25) is 10.1 Å². The summed E-state index contributed by atoms with van der Waals surface area (Å²) in [5.41, 5.74) is 4.25. The first kappa shape index (κ1) is 18.8. The second kappa shape index (κ2) is 6.91. The van der Waals surface area contributed by atoms with Crippen molar-refractivity contribution in [3.63, 3.8) is 0 Å². The lowest BCUT2D eigenvalue weighted by Crippen LogP contribution is -2.52. The van der Waals surface area contributed by atoms with Crippen molar-refractivity contribution in [2.45, 2.75) is 37.6 Å². The standard InChI is InChI=1S/C13H20ClN3O4S/c1-9(2)7-13(3,8-15)16-22(20,21)12-6-10(14)4-5-11(12)17(18)19/h4-6,9,16H,7-8,15H2,1-3H3. The number of nitrogens with two attached hydrogens (primary N) is 1. The van der Waals surface area contributed by atoms with Crippen molar-refractivity contribution in [3.8, 4) is 0 Å². The highest BCUT2D eigenvalue weighted by atomic mass is 35.5. The molecule has 0 saturated carbocycles. The highest BCUT2D eigenvalue weighted by molar-refractivity contribution is 7.89. The summed E-state index contributed by atoms with van der Waals surface area (Å²) in [6, 6.07) is 3.41. The molecular weight excluding hydrogens is 330 g/mol. The molecule has 0 amide bonds. The van der Waals surface area contributed by atoms with Gasteiger partial charge in [-0.1, -0.05) is 25.4 Å². The van der Waals surface area contributed by atoms with E-state index in [1.165, 1.54) is 6.07 Å². The topological polar surface area (TPSA) is 115 Å². The Kier molecular flexibility index (Phi) is 5.91. The Morgan fingerprint density at radius 2 is 2.05 bits per heavy atom. The van der Waals surface area contributed by atoms with Crippen molar-refractivity contribution < 1.29 is 13.3 Å². The molecule has 1 unspecified atom stereocenters. The molecule has 0 heterocycles. The minimum Gasteiger partial charge on any atom is -0.329 e. The third kappa shape index (κ3) is 4.64. The van der Waals surface area contributed by atoms with Crippen molar-refractivity contribution in [3.05, 3.63) is 33.3 Å². The molecule has 22 heavy (non-hydrogen) atoms. The van der Waals surface area contributed by atoms with Gasteiger partial charge < -0.3 is 5.73 Å². The van der Waals surface area contributed by atoms with Crippen molar-refractivity contribution in [1.29, 1.82) is 0 Å². The van der Waals surface area contributed by atoms with Gasteiger partial charge in [-0.15, -0.1) is 0 Å². The minimum atomic E-state index is -4.13. The fraction of sp³-hybridized carbons (Fsp3) is 0.538. The van der Waals surface area contributed by atoms with Crippen molar-refractivity contribution in [2.24, 2.45) is 11.7 Å². The Hall–Kier alpha value is -1.22. The highest BCUT2D eigenvalue weighted by Gasteiger charge is 2.34. The molecule has 0 bridgehead atoms. The first-order valence-electron chi connectivity index (χ1n) is 6.69. The van der Waals surface area contributed by atoms with Gasteiger partial charge in [-0.05, 0) is 31.4 Å². The van der Waals surface area contributed by atoms with Gasteiger partial charge in [-0.2, -0.15) is 0 Å². The van der Waals surface area contributed by atoms with Crippen LogP contribution in [-0.2, 0) is 10.0 Å². The number of nitro benzene ring substituents is 1. The maximum Gasteiger partial charge on any atom is 0.289 e. The smallest absolute Gasteiger partial charge is 0.289 e. The molecule has 3 N–H and O–H groups in total. The van der Waals surface area contributed by atoms with Crippen molar-refractivity contribution in [2.75, 3.05) is 6.54 Å². The lowest BCUT2D eigenvalue weighted by atomic mass is 9.92. The number of rotatable bonds is 7. The van der Waals surface area contributed by atoms with Gasteiger partial charge in [0, 0.05) is 23.2 Å². The number of hydrogen-bond donors (Lipinski definition) is 2. The summed E-state index contributed by atoms with van der Waals surface area (Å²) in [5, 5.41) is 11.1. The second-order valence-corrected chi connectivity index (χ2v) is 7.92. The van der Waals surface area contributed by atoms with Gasteiger partial charge in [0.1, 0.15) is 0 Å². The number of hydrogen-bond acceptors (Lipinski definition) is 5. The third-order valence-corrected chi connectivity index (χ3v) is 5.00. The zero-order chi connectivity index (χ0) is 17.1. The summed E-state index contributed by atoms with van der Waals surface area (Å²) in [7, 11) is -4.13. The summed E-state index contributed by atoms with van der Waals surface area (Å²) in [6.45, 7) is 5.60. The van der Waals surface area contributed by atoms with E-state index in [-0.39, 0.29) is 17.5 Å². The summed E-state index contributed by atoms with van der Waals surface area (Å²) in [6.07, 6.45) is 0.497. The van der Waals surface area contributed by atoms with Crippen LogP contribution in [0, 0.1) is 16.0 Å². The van der Waals surface area contributed by atoms with Crippen molar-refractivity contribution >= 4 is 27.3 Å². The van der Waals surface area contributed by atoms with E-state index in [4.69, 9.17) is 17.3 Å². The molecule has 9 heteroatoms. The Morgan fingerprint density at radius 3 is 2.50 bits per heavy atom. The monoisotopic (exact) mass is 349 g/mol. The molecule has 0 fully saturated rings. The molecule has 1 atom stereocenters. The highest BCUT2D eigenvalue weighted by Crippen LogP contribution is 2.28. The van der Waals surface area contributed by atoms with Crippen LogP contribution >= 0.6 is 11.6 Å². The fourth-order valence-corrected chi connectivity index (χ4v) is 4.16. The summed E-state index contributed by atoms with van der Waals surface area (Å²) in [5.74, 6) is 0.200. The predicted octanol–water partition coefficient (Wildman–Crippen LogP) is 2.29. The number of nitro groups is 1. The summed E-state index contributed by atoms with van der Waals surface area (Å²) in [4.78, 5) is 9.82. The SMILES string of the molecule is CC(C)CC(C)(CN)NS(=O)(=O)c1cc(Cl)ccc1[N+](=O)[O-]. The van der Waals surface area contributed by atoms with Gasteiger partial charge in [0.2, 0.25) is 10.0 Å². The van der Waals surface area contributed by atoms with Gasteiger partial charge in [0.05, 0.1) is 4.92 Å². The average Bonchev–Trinajstić information content (AvgIpc) is 2.36. The normalized spacial score (nSPS) is 14.8. The van der Waals surface area contributed by atoms with E-state index in [1.807, 2.05) is 13.8 Å². The first-order chi connectivity index (χ1) is 10.0. The van der Waals surface area contributed by atoms with Crippen LogP contribution in [0.1, 0.15) is 27.2 Å². The molecule has 1 aromatic carbocycles. The van der Waals surface area contributed by atoms with Crippen LogP contribution in [0.4, 0.5) is 5.69 Å². The number of sulfonamides is 1. The van der Waals surface area contributed by atoms with Crippen LogP contribution in [0.3, 0.4) is 0 Å². The molecule has 0 radical (unpaired) electrons. The molecule has 0 spiro atoms. The molecule has 0 aliphatic rings. The molecule has 0 saturated heterocycles. The van der Waals surface area contributed by atoms with E-state index >= 15 is 0 Å². The van der Waals surface area contributed by atoms with E-state index < -0.39 is 31.1 Å². The molecule has 124 valence electrons. The molecule has 7 nitrogen and oxygen atoms in total. The van der Waals surface area contributed by atoms with E-state index in [0.29, 0.717) is 6.42 Å². The molecule has 1 rings (SSSR count). The van der Waals surface area contributed by atoms with Gasteiger partial charge >= 0.3 is 0 Å². The summed E-state index contributed by atoms with van der Waals surface area (Å²) >= 11 is 5.78. The van der Waals surface area contributed by atoms with Crippen LogP contribution in [-0.4, -0.2) is 25.4 Å². The molecule has 1 aromatic rings. The first-order valence-corrected chi connectivity index (χ1v) is 8.55. The second-order valence-electron chi connectivity index (χ2n) is 5.84. The largest absolute Gasteiger partial charge is 0.329 e. The summed E-state index contributed by atoms with van der Waals surface area (Å²) < 4.78 is 27.5. The van der Waals surface area contributed by atoms with Crippen LogP contribution < -0.4 is 10.5 Å². The van der Waals surface area contributed by atoms with Crippen LogP contribution in [0.5, 0.6) is 0 Å². The zero-order valence-corrected chi connectivity index (χ0v) is 14.2. The van der Waals surface area contributed by atoms with Crippen LogP contribution in [0.15, 0.2) is 23.1 Å². The minimum absolute atomic E-state index is 0.0682. The number of nitrogens with one attached hydrogen (secondary N) is 1. The van der Waals surface area contributed by atoms with E-state index in [0.717, 1.165) is 12.1 Å². The molecule has 0 aliphatic carbocycles. The maximum absolute atomic E-state index is 12.5. The van der Waals surface area contributed by atoms with Gasteiger partial charge in [0.25, 0.3) is 5.69 Å². The zero-order valence-electron chi connectivity index (χ0n) is 12.7. The Balaban J connectivity index is 3.30. The van der Waals surface area contributed by atoms with E-state index in [2.05, 4.69) is 4.72 Å². The number of nitrogens with zero attached hydrogens (tertiary/aromatic N) is 1. The fourth-order valence-electron chi connectivity index (χ4n) is 2.30. The molecule has 0 aliphatic heterocycles. The average molecular weight is 350 g/mol. The molecule has 0 aromatic heterocycles. The van der Waals surface area contributed by atoms with E-state index in [1.54, 1.807) is 6.92 Å². The third-order valence-electron chi connectivity index (χ3n) is 3.10.